The van der Waals surface area contributed by atoms with Crippen LogP contribution < -0.4 is 14.8 Å². The van der Waals surface area contributed by atoms with Gasteiger partial charge in [-0.2, -0.15) is 9.46 Å². The summed E-state index contributed by atoms with van der Waals surface area (Å²) in [6, 6.07) is 10.7. The minimum Gasteiger partial charge on any atom is -0.618 e. The number of nitrogens with one attached hydrogen (secondary N) is 1. The van der Waals surface area contributed by atoms with Crippen molar-refractivity contribution in [1.82, 2.24) is 10.2 Å². The number of hydrogen-bond acceptors (Lipinski definition) is 5. The van der Waals surface area contributed by atoms with Gasteiger partial charge in [0, 0.05) is 43.9 Å². The van der Waals surface area contributed by atoms with Gasteiger partial charge in [-0.05, 0) is 31.5 Å². The van der Waals surface area contributed by atoms with Gasteiger partial charge in [0.05, 0.1) is 6.21 Å². The van der Waals surface area contributed by atoms with Gasteiger partial charge in [0.15, 0.2) is 12.4 Å². The number of aliphatic imine (C=N–C) groups is 1. The highest BCUT2D eigenvalue weighted by molar-refractivity contribution is 5.74. The summed E-state index contributed by atoms with van der Waals surface area (Å²) in [5.41, 5.74) is 1.26. The molecule has 1 fully saturated rings. The molecule has 2 aromatic heterocycles. The quantitative estimate of drug-likeness (QED) is 0.364. The molecule has 0 saturated carbocycles. The molecule has 132 valence electrons. The molecule has 1 N–H and O–H groups in total. The molecule has 0 aromatic carbocycles. The molecular formula is C18H23N5O2. The van der Waals surface area contributed by atoms with Crippen LogP contribution in [0.4, 0.5) is 0 Å². The molecule has 7 nitrogen and oxygen atoms in total. The van der Waals surface area contributed by atoms with Crippen molar-refractivity contribution in [3.63, 3.8) is 0 Å². The summed E-state index contributed by atoms with van der Waals surface area (Å²) in [5, 5.41) is 27.0. The second-order valence-electron chi connectivity index (χ2n) is 6.04. The Labute approximate surface area is 147 Å². The highest BCUT2D eigenvalue weighted by Crippen LogP contribution is 2.18. The van der Waals surface area contributed by atoms with E-state index in [1.54, 1.807) is 24.4 Å². The van der Waals surface area contributed by atoms with Gasteiger partial charge in [0.25, 0.3) is 0 Å². The van der Waals surface area contributed by atoms with Crippen LogP contribution in [0.25, 0.3) is 0 Å². The Balaban J connectivity index is 1.54. The summed E-state index contributed by atoms with van der Waals surface area (Å²) < 4.78 is 1.73. The zero-order valence-corrected chi connectivity index (χ0v) is 14.1. The summed E-state index contributed by atoms with van der Waals surface area (Å²) in [4.78, 5) is 6.62. The Morgan fingerprint density at radius 2 is 1.96 bits per heavy atom. The molecule has 1 aliphatic rings. The topological polar surface area (TPSA) is 81.5 Å². The summed E-state index contributed by atoms with van der Waals surface area (Å²) in [6.45, 7) is 3.35. The molecule has 1 aliphatic heterocycles. The third-order valence-corrected chi connectivity index (χ3v) is 4.27. The summed E-state index contributed by atoms with van der Waals surface area (Å²) in [5.74, 6) is 0. The molecule has 0 bridgehead atoms. The van der Waals surface area contributed by atoms with E-state index in [1.165, 1.54) is 12.4 Å². The van der Waals surface area contributed by atoms with Crippen molar-refractivity contribution < 1.29 is 9.46 Å². The van der Waals surface area contributed by atoms with Gasteiger partial charge >= 0.3 is 0 Å². The average molecular weight is 341 g/mol. The van der Waals surface area contributed by atoms with Crippen molar-refractivity contribution in [1.29, 1.82) is 0 Å². The average Bonchev–Trinajstić information content (AvgIpc) is 2.64. The Morgan fingerprint density at radius 1 is 1.16 bits per heavy atom. The second-order valence-corrected chi connectivity index (χ2v) is 6.04. The third kappa shape index (κ3) is 4.52. The molecule has 3 rings (SSSR count). The zero-order chi connectivity index (χ0) is 17.5. The number of aromatic nitrogens is 2. The highest BCUT2D eigenvalue weighted by Gasteiger charge is 2.28. The van der Waals surface area contributed by atoms with Crippen molar-refractivity contribution in [2.75, 3.05) is 26.2 Å². The fraction of sp³-hybridized carbons (Fsp3) is 0.389. The van der Waals surface area contributed by atoms with Crippen LogP contribution in [-0.4, -0.2) is 37.3 Å². The molecule has 1 atom stereocenters. The Morgan fingerprint density at radius 3 is 2.76 bits per heavy atom. The molecule has 0 spiro atoms. The minimum absolute atomic E-state index is 0.0608. The summed E-state index contributed by atoms with van der Waals surface area (Å²) in [7, 11) is 0. The molecule has 1 saturated heterocycles. The van der Waals surface area contributed by atoms with E-state index in [2.05, 4.69) is 15.2 Å². The summed E-state index contributed by atoms with van der Waals surface area (Å²) in [6.07, 6.45) is 6.48. The van der Waals surface area contributed by atoms with Gasteiger partial charge in [0.1, 0.15) is 6.17 Å². The lowest BCUT2D eigenvalue weighted by molar-refractivity contribution is -0.618. The molecule has 0 radical (unpaired) electrons. The van der Waals surface area contributed by atoms with E-state index in [-0.39, 0.29) is 6.17 Å². The lowest BCUT2D eigenvalue weighted by atomic mass is 10.2. The van der Waals surface area contributed by atoms with Crippen molar-refractivity contribution in [2.24, 2.45) is 4.99 Å². The van der Waals surface area contributed by atoms with Gasteiger partial charge in [0.2, 0.25) is 11.4 Å². The maximum atomic E-state index is 12.0. The lowest BCUT2D eigenvalue weighted by Gasteiger charge is -2.34. The molecule has 3 heterocycles. The van der Waals surface area contributed by atoms with E-state index < -0.39 is 0 Å². The van der Waals surface area contributed by atoms with E-state index in [9.17, 15) is 10.4 Å². The summed E-state index contributed by atoms with van der Waals surface area (Å²) >= 11 is 0. The SMILES string of the molecule is [O-][n+]1ccccc1C=NCCCN1CCCNC1c1cccc[n+]1[O-]. The number of rotatable bonds is 6. The highest BCUT2D eigenvalue weighted by atomic mass is 16.5. The number of nitrogens with zero attached hydrogens (tertiary/aromatic N) is 4. The Hall–Kier alpha value is -2.51. The van der Waals surface area contributed by atoms with Gasteiger partial charge in [-0.3, -0.25) is 15.2 Å². The second kappa shape index (κ2) is 8.55. The van der Waals surface area contributed by atoms with E-state index in [4.69, 9.17) is 0 Å². The standard InChI is InChI=1S/C18H23N5O2/c24-22-13-3-1-7-16(22)15-19-9-5-11-21-12-6-10-20-18(21)17-8-2-4-14-23(17)25/h1-4,7-8,13-15,18,20H,5-6,9-12H2. The maximum absolute atomic E-state index is 12.0. The van der Waals surface area contributed by atoms with Crippen molar-refractivity contribution >= 4 is 6.21 Å². The van der Waals surface area contributed by atoms with Crippen LogP contribution in [0, 0.1) is 10.4 Å². The maximum Gasteiger partial charge on any atom is 0.234 e. The van der Waals surface area contributed by atoms with Crippen LogP contribution in [0.15, 0.2) is 53.8 Å². The van der Waals surface area contributed by atoms with E-state index in [0.717, 1.165) is 47.6 Å². The molecular weight excluding hydrogens is 318 g/mol. The molecule has 2 aromatic rings. The Kier molecular flexibility index (Phi) is 5.92. The van der Waals surface area contributed by atoms with Gasteiger partial charge in [-0.1, -0.05) is 0 Å². The largest absolute Gasteiger partial charge is 0.618 e. The molecule has 0 amide bonds. The van der Waals surface area contributed by atoms with Crippen LogP contribution in [-0.2, 0) is 0 Å². The minimum atomic E-state index is -0.0608. The normalized spacial score (nSPS) is 18.6. The Bertz CT molecular complexity index is 722. The van der Waals surface area contributed by atoms with Crippen LogP contribution >= 0.6 is 0 Å². The molecule has 7 heteroatoms. The van der Waals surface area contributed by atoms with Gasteiger partial charge in [-0.15, -0.1) is 0 Å². The van der Waals surface area contributed by atoms with E-state index in [0.29, 0.717) is 12.2 Å². The molecule has 0 aliphatic carbocycles. The van der Waals surface area contributed by atoms with E-state index >= 15 is 0 Å². The van der Waals surface area contributed by atoms with Crippen LogP contribution in [0.5, 0.6) is 0 Å². The van der Waals surface area contributed by atoms with Gasteiger partial charge in [-0.25, -0.2) is 0 Å². The predicted octanol–water partition coefficient (Wildman–Crippen LogP) is 0.756. The van der Waals surface area contributed by atoms with Crippen molar-refractivity contribution in [2.45, 2.75) is 19.0 Å². The first-order chi connectivity index (χ1) is 12.3. The molecule has 1 unspecified atom stereocenters. The third-order valence-electron chi connectivity index (χ3n) is 4.27. The van der Waals surface area contributed by atoms with Crippen LogP contribution in [0.1, 0.15) is 30.4 Å². The van der Waals surface area contributed by atoms with Gasteiger partial charge < -0.3 is 10.4 Å². The first-order valence-corrected chi connectivity index (χ1v) is 8.59. The van der Waals surface area contributed by atoms with Crippen molar-refractivity contribution in [3.8, 4) is 0 Å². The molecule has 25 heavy (non-hydrogen) atoms. The number of pyridine rings is 2. The smallest absolute Gasteiger partial charge is 0.234 e. The first-order valence-electron chi connectivity index (χ1n) is 8.59. The lowest BCUT2D eigenvalue weighted by Crippen LogP contribution is -2.50. The van der Waals surface area contributed by atoms with Crippen LogP contribution in [0.3, 0.4) is 0 Å². The zero-order valence-electron chi connectivity index (χ0n) is 14.1. The van der Waals surface area contributed by atoms with E-state index in [1.807, 2.05) is 18.2 Å². The van der Waals surface area contributed by atoms with Crippen LogP contribution in [0.2, 0.25) is 0 Å². The monoisotopic (exact) mass is 341 g/mol. The van der Waals surface area contributed by atoms with Crippen molar-refractivity contribution in [3.05, 3.63) is 70.6 Å². The first kappa shape index (κ1) is 17.3. The predicted molar refractivity (Wildman–Crippen MR) is 94.8 cm³/mol. The fourth-order valence-electron chi connectivity index (χ4n) is 3.03. The number of hydrogen-bond donors (Lipinski definition) is 1. The fourth-order valence-corrected chi connectivity index (χ4v) is 3.03.